The molecule has 2 heterocycles. The summed E-state index contributed by atoms with van der Waals surface area (Å²) in [6.07, 6.45) is 3.33. The summed E-state index contributed by atoms with van der Waals surface area (Å²) in [6, 6.07) is 7.68. The van der Waals surface area contributed by atoms with E-state index < -0.39 is 0 Å². The average Bonchev–Trinajstić information content (AvgIpc) is 2.92. The molecule has 1 aromatic carbocycles. The van der Waals surface area contributed by atoms with Crippen LogP contribution in [0, 0.1) is 0 Å². The molecule has 0 fully saturated rings. The van der Waals surface area contributed by atoms with Crippen LogP contribution in [0.15, 0.2) is 36.8 Å². The van der Waals surface area contributed by atoms with E-state index in [2.05, 4.69) is 20.4 Å². The standard InChI is InChI=1S/C14H15N5O/c1-3-19-14-12(8-17-19)13(15-9-16-14)18-10-4-6-11(20-2)7-5-10/h4-9H,3H2,1-2H3,(H,15,16,18). The van der Waals surface area contributed by atoms with Gasteiger partial charge in [0.25, 0.3) is 0 Å². The molecule has 0 spiro atoms. The van der Waals surface area contributed by atoms with E-state index in [1.165, 1.54) is 0 Å². The number of hydrogen-bond donors (Lipinski definition) is 1. The lowest BCUT2D eigenvalue weighted by Gasteiger charge is -2.07. The maximum absolute atomic E-state index is 5.14. The fourth-order valence-corrected chi connectivity index (χ4v) is 2.04. The van der Waals surface area contributed by atoms with Crippen LogP contribution in [-0.4, -0.2) is 26.9 Å². The molecular weight excluding hydrogens is 254 g/mol. The van der Waals surface area contributed by atoms with Gasteiger partial charge in [-0.25, -0.2) is 14.6 Å². The number of ether oxygens (including phenoxy) is 1. The fourth-order valence-electron chi connectivity index (χ4n) is 2.04. The zero-order chi connectivity index (χ0) is 13.9. The largest absolute Gasteiger partial charge is 0.497 e. The molecule has 102 valence electrons. The van der Waals surface area contributed by atoms with Crippen molar-refractivity contribution in [1.29, 1.82) is 0 Å². The van der Waals surface area contributed by atoms with Crippen LogP contribution in [0.25, 0.3) is 11.0 Å². The fraction of sp³-hybridized carbons (Fsp3) is 0.214. The second-order valence-corrected chi connectivity index (χ2v) is 4.27. The van der Waals surface area contributed by atoms with Crippen molar-refractivity contribution in [2.24, 2.45) is 0 Å². The maximum Gasteiger partial charge on any atom is 0.163 e. The minimum Gasteiger partial charge on any atom is -0.497 e. The van der Waals surface area contributed by atoms with E-state index in [4.69, 9.17) is 4.74 Å². The Bertz CT molecular complexity index is 720. The first-order chi connectivity index (χ1) is 9.81. The number of rotatable bonds is 4. The minimum absolute atomic E-state index is 0.750. The molecule has 6 nitrogen and oxygen atoms in total. The Morgan fingerprint density at radius 3 is 2.70 bits per heavy atom. The second-order valence-electron chi connectivity index (χ2n) is 4.27. The van der Waals surface area contributed by atoms with E-state index in [1.54, 1.807) is 19.6 Å². The SMILES string of the molecule is CCn1ncc2c(Nc3ccc(OC)cc3)ncnc21. The lowest BCUT2D eigenvalue weighted by atomic mass is 10.3. The predicted molar refractivity (Wildman–Crippen MR) is 77.3 cm³/mol. The lowest BCUT2D eigenvalue weighted by molar-refractivity contribution is 0.415. The van der Waals surface area contributed by atoms with Crippen LogP contribution in [0.1, 0.15) is 6.92 Å². The number of aryl methyl sites for hydroxylation is 1. The summed E-state index contributed by atoms with van der Waals surface area (Å²) in [5, 5.41) is 8.48. The topological polar surface area (TPSA) is 64.9 Å². The average molecular weight is 269 g/mol. The van der Waals surface area contributed by atoms with Gasteiger partial charge < -0.3 is 10.1 Å². The summed E-state index contributed by atoms with van der Waals surface area (Å²) >= 11 is 0. The molecule has 6 heteroatoms. The van der Waals surface area contributed by atoms with E-state index in [9.17, 15) is 0 Å². The molecule has 0 aliphatic heterocycles. The highest BCUT2D eigenvalue weighted by atomic mass is 16.5. The van der Waals surface area contributed by atoms with Crippen LogP contribution in [0.3, 0.4) is 0 Å². The van der Waals surface area contributed by atoms with Gasteiger partial charge in [0, 0.05) is 12.2 Å². The zero-order valence-corrected chi connectivity index (χ0v) is 11.4. The summed E-state index contributed by atoms with van der Waals surface area (Å²) in [7, 11) is 1.65. The van der Waals surface area contributed by atoms with E-state index in [0.717, 1.165) is 34.8 Å². The monoisotopic (exact) mass is 269 g/mol. The van der Waals surface area contributed by atoms with Crippen LogP contribution in [0.2, 0.25) is 0 Å². The highest BCUT2D eigenvalue weighted by Gasteiger charge is 2.08. The van der Waals surface area contributed by atoms with Gasteiger partial charge in [0.1, 0.15) is 17.9 Å². The van der Waals surface area contributed by atoms with Crippen LogP contribution >= 0.6 is 0 Å². The molecule has 0 saturated carbocycles. The number of fused-ring (bicyclic) bond motifs is 1. The molecule has 0 atom stereocenters. The molecule has 3 rings (SSSR count). The van der Waals surface area contributed by atoms with Gasteiger partial charge in [0.15, 0.2) is 5.65 Å². The van der Waals surface area contributed by atoms with Crippen LogP contribution in [0.5, 0.6) is 5.75 Å². The molecule has 0 aliphatic carbocycles. The Hall–Kier alpha value is -2.63. The Labute approximate surface area is 116 Å². The molecule has 0 unspecified atom stereocenters. The molecule has 2 aromatic heterocycles. The van der Waals surface area contributed by atoms with Gasteiger partial charge in [-0.2, -0.15) is 5.10 Å². The Morgan fingerprint density at radius 1 is 1.20 bits per heavy atom. The van der Waals surface area contributed by atoms with Crippen molar-refractivity contribution in [2.45, 2.75) is 13.5 Å². The van der Waals surface area contributed by atoms with Crippen molar-refractivity contribution in [3.8, 4) is 5.75 Å². The molecule has 0 amide bonds. The Morgan fingerprint density at radius 2 is 2.00 bits per heavy atom. The van der Waals surface area contributed by atoms with Crippen LogP contribution in [0.4, 0.5) is 11.5 Å². The van der Waals surface area contributed by atoms with Crippen molar-refractivity contribution in [3.05, 3.63) is 36.8 Å². The Kier molecular flexibility index (Phi) is 3.20. The first kappa shape index (κ1) is 12.4. The normalized spacial score (nSPS) is 10.7. The Balaban J connectivity index is 1.95. The number of hydrogen-bond acceptors (Lipinski definition) is 5. The van der Waals surface area contributed by atoms with E-state index in [-0.39, 0.29) is 0 Å². The van der Waals surface area contributed by atoms with E-state index >= 15 is 0 Å². The third-order valence-corrected chi connectivity index (χ3v) is 3.09. The van der Waals surface area contributed by atoms with Crippen molar-refractivity contribution >= 4 is 22.5 Å². The van der Waals surface area contributed by atoms with Gasteiger partial charge in [-0.15, -0.1) is 0 Å². The summed E-state index contributed by atoms with van der Waals surface area (Å²) in [5.74, 6) is 1.57. The molecular formula is C14H15N5O. The molecule has 20 heavy (non-hydrogen) atoms. The second kappa shape index (κ2) is 5.16. The maximum atomic E-state index is 5.14. The smallest absolute Gasteiger partial charge is 0.163 e. The summed E-state index contributed by atoms with van der Waals surface area (Å²) in [5.41, 5.74) is 1.77. The number of aromatic nitrogens is 4. The van der Waals surface area contributed by atoms with Crippen molar-refractivity contribution < 1.29 is 4.74 Å². The van der Waals surface area contributed by atoms with E-state index in [1.807, 2.05) is 35.9 Å². The molecule has 0 bridgehead atoms. The summed E-state index contributed by atoms with van der Waals surface area (Å²) in [6.45, 7) is 2.81. The van der Waals surface area contributed by atoms with Gasteiger partial charge in [-0.3, -0.25) is 0 Å². The van der Waals surface area contributed by atoms with Crippen LogP contribution in [-0.2, 0) is 6.54 Å². The third kappa shape index (κ3) is 2.16. The number of nitrogens with zero attached hydrogens (tertiary/aromatic N) is 4. The zero-order valence-electron chi connectivity index (χ0n) is 11.4. The highest BCUT2D eigenvalue weighted by molar-refractivity contribution is 5.88. The van der Waals surface area contributed by atoms with Crippen LogP contribution < -0.4 is 10.1 Å². The first-order valence-electron chi connectivity index (χ1n) is 6.39. The number of benzene rings is 1. The molecule has 0 saturated heterocycles. The quantitative estimate of drug-likeness (QED) is 0.788. The molecule has 0 radical (unpaired) electrons. The van der Waals surface area contributed by atoms with Gasteiger partial charge >= 0.3 is 0 Å². The van der Waals surface area contributed by atoms with Crippen molar-refractivity contribution in [1.82, 2.24) is 19.7 Å². The minimum atomic E-state index is 0.750. The molecule has 3 aromatic rings. The molecule has 1 N–H and O–H groups in total. The number of methoxy groups -OCH3 is 1. The molecule has 0 aliphatic rings. The van der Waals surface area contributed by atoms with Gasteiger partial charge in [0.05, 0.1) is 18.7 Å². The van der Waals surface area contributed by atoms with Crippen molar-refractivity contribution in [3.63, 3.8) is 0 Å². The van der Waals surface area contributed by atoms with Crippen molar-refractivity contribution in [2.75, 3.05) is 12.4 Å². The first-order valence-corrected chi connectivity index (χ1v) is 6.39. The van der Waals surface area contributed by atoms with Gasteiger partial charge in [-0.05, 0) is 31.2 Å². The predicted octanol–water partition coefficient (Wildman–Crippen LogP) is 2.60. The number of anilines is 2. The van der Waals surface area contributed by atoms with Gasteiger partial charge in [0.2, 0.25) is 0 Å². The van der Waals surface area contributed by atoms with Gasteiger partial charge in [-0.1, -0.05) is 0 Å². The third-order valence-electron chi connectivity index (χ3n) is 3.09. The number of nitrogens with one attached hydrogen (secondary N) is 1. The lowest BCUT2D eigenvalue weighted by Crippen LogP contribution is -1.99. The summed E-state index contributed by atoms with van der Waals surface area (Å²) in [4.78, 5) is 8.56. The highest BCUT2D eigenvalue weighted by Crippen LogP contribution is 2.23. The van der Waals surface area contributed by atoms with E-state index in [0.29, 0.717) is 0 Å². The summed E-state index contributed by atoms with van der Waals surface area (Å²) < 4.78 is 6.98.